The summed E-state index contributed by atoms with van der Waals surface area (Å²) in [7, 11) is 0. The number of aromatic nitrogens is 2. The second-order valence-corrected chi connectivity index (χ2v) is 5.18. The van der Waals surface area contributed by atoms with Gasteiger partial charge in [0.2, 0.25) is 0 Å². The summed E-state index contributed by atoms with van der Waals surface area (Å²) >= 11 is 0. The van der Waals surface area contributed by atoms with E-state index in [1.54, 1.807) is 0 Å². The lowest BCUT2D eigenvalue weighted by atomic mass is 10.1. The molecule has 0 fully saturated rings. The van der Waals surface area contributed by atoms with Crippen LogP contribution in [0.4, 0.5) is 0 Å². The van der Waals surface area contributed by atoms with Gasteiger partial charge in [0.25, 0.3) is 0 Å². The molecule has 0 saturated heterocycles. The Kier molecular flexibility index (Phi) is 5.47. The van der Waals surface area contributed by atoms with Crippen LogP contribution in [0.5, 0.6) is 0 Å². The topological polar surface area (TPSA) is 25.8 Å². The number of nitrogens with zero attached hydrogens (tertiary/aromatic N) is 2. The van der Waals surface area contributed by atoms with Gasteiger partial charge in [-0.1, -0.05) is 66.7 Å². The van der Waals surface area contributed by atoms with Crippen LogP contribution in [0.15, 0.2) is 110 Å². The average Bonchev–Trinajstić information content (AvgIpc) is 2.71. The van der Waals surface area contributed by atoms with E-state index in [2.05, 4.69) is 34.2 Å². The molecule has 0 aliphatic rings. The van der Waals surface area contributed by atoms with E-state index in [4.69, 9.17) is 0 Å². The van der Waals surface area contributed by atoms with Gasteiger partial charge in [-0.05, 0) is 35.4 Å². The van der Waals surface area contributed by atoms with Crippen molar-refractivity contribution in [1.82, 2.24) is 9.97 Å². The number of hydrogen-bond donors (Lipinski definition) is 0. The van der Waals surface area contributed by atoms with Crippen LogP contribution in [-0.2, 0) is 0 Å². The van der Waals surface area contributed by atoms with Crippen LogP contribution in [0.25, 0.3) is 22.4 Å². The van der Waals surface area contributed by atoms with Gasteiger partial charge in [0.15, 0.2) is 0 Å². The maximum Gasteiger partial charge on any atom is 0.0701 e. The normalized spacial score (nSPS) is 9.67. The van der Waals surface area contributed by atoms with E-state index >= 15 is 0 Å². The van der Waals surface area contributed by atoms with E-state index < -0.39 is 0 Å². The Hall–Kier alpha value is -3.26. The van der Waals surface area contributed by atoms with Gasteiger partial charge in [0.05, 0.1) is 5.69 Å². The minimum atomic E-state index is 1.03. The summed E-state index contributed by atoms with van der Waals surface area (Å²) in [6.07, 6.45) is 5.42. The van der Waals surface area contributed by atoms with Gasteiger partial charge in [-0.15, -0.1) is 0 Å². The molecule has 0 N–H and O–H groups in total. The molecular weight excluding hydrogens is 292 g/mol. The molecule has 116 valence electrons. The average molecular weight is 310 g/mol. The molecule has 2 nitrogen and oxygen atoms in total. The minimum absolute atomic E-state index is 1.03. The Bertz CT molecular complexity index is 680. The van der Waals surface area contributed by atoms with Crippen molar-refractivity contribution in [3.63, 3.8) is 0 Å². The van der Waals surface area contributed by atoms with E-state index in [1.807, 2.05) is 85.3 Å². The third-order valence-corrected chi connectivity index (χ3v) is 3.52. The summed E-state index contributed by atoms with van der Waals surface area (Å²) in [5, 5.41) is 0. The fourth-order valence-electron chi connectivity index (χ4n) is 2.32. The third kappa shape index (κ3) is 4.37. The van der Waals surface area contributed by atoms with Crippen molar-refractivity contribution in [1.29, 1.82) is 0 Å². The molecule has 0 unspecified atom stereocenters. The molecule has 4 rings (SSSR count). The Balaban J connectivity index is 0.000000141. The van der Waals surface area contributed by atoms with Gasteiger partial charge < -0.3 is 0 Å². The lowest BCUT2D eigenvalue weighted by molar-refractivity contribution is 1.33. The maximum absolute atomic E-state index is 4.25. The SMILES string of the molecule is c1ccc(-c2ccccn2)cc1.c1ccc(-c2ccncc2)cc1. The molecule has 0 spiro atoms. The molecule has 2 aromatic heterocycles. The lowest BCUT2D eigenvalue weighted by Crippen LogP contribution is -1.79. The second-order valence-electron chi connectivity index (χ2n) is 5.18. The first-order valence-electron chi connectivity index (χ1n) is 7.85. The number of hydrogen-bond acceptors (Lipinski definition) is 2. The zero-order valence-electron chi connectivity index (χ0n) is 13.3. The van der Waals surface area contributed by atoms with E-state index in [0.717, 1.165) is 11.3 Å². The van der Waals surface area contributed by atoms with Crippen molar-refractivity contribution in [3.8, 4) is 22.4 Å². The van der Waals surface area contributed by atoms with Crippen LogP contribution in [-0.4, -0.2) is 9.97 Å². The summed E-state index contributed by atoms with van der Waals surface area (Å²) in [6.45, 7) is 0. The van der Waals surface area contributed by atoms with Gasteiger partial charge in [-0.25, -0.2) is 0 Å². The van der Waals surface area contributed by atoms with Gasteiger partial charge >= 0.3 is 0 Å². The molecule has 0 saturated carbocycles. The van der Waals surface area contributed by atoms with Gasteiger partial charge in [-0.3, -0.25) is 9.97 Å². The molecule has 2 aromatic carbocycles. The Labute approximate surface area is 142 Å². The Morgan fingerprint density at radius 2 is 0.958 bits per heavy atom. The maximum atomic E-state index is 4.25. The molecule has 0 bridgehead atoms. The molecule has 0 atom stereocenters. The summed E-state index contributed by atoms with van der Waals surface area (Å²) < 4.78 is 0. The summed E-state index contributed by atoms with van der Waals surface area (Å²) in [5.74, 6) is 0. The highest BCUT2D eigenvalue weighted by Gasteiger charge is 1.94. The highest BCUT2D eigenvalue weighted by atomic mass is 14.7. The minimum Gasteiger partial charge on any atom is -0.265 e. The largest absolute Gasteiger partial charge is 0.265 e. The van der Waals surface area contributed by atoms with Crippen LogP contribution in [0.2, 0.25) is 0 Å². The number of benzene rings is 2. The second kappa shape index (κ2) is 8.39. The van der Waals surface area contributed by atoms with E-state index in [9.17, 15) is 0 Å². The Morgan fingerprint density at radius 1 is 0.417 bits per heavy atom. The van der Waals surface area contributed by atoms with Crippen LogP contribution < -0.4 is 0 Å². The van der Waals surface area contributed by atoms with Crippen molar-refractivity contribution in [2.75, 3.05) is 0 Å². The van der Waals surface area contributed by atoms with Crippen LogP contribution in [0, 0.1) is 0 Å². The van der Waals surface area contributed by atoms with E-state index in [-0.39, 0.29) is 0 Å². The first-order chi connectivity index (χ1) is 11.9. The molecule has 0 aliphatic carbocycles. The molecular formula is C22H18N2. The lowest BCUT2D eigenvalue weighted by Gasteiger charge is -1.98. The van der Waals surface area contributed by atoms with Crippen molar-refractivity contribution in [3.05, 3.63) is 110 Å². The predicted molar refractivity (Wildman–Crippen MR) is 99.3 cm³/mol. The van der Waals surface area contributed by atoms with E-state index in [0.29, 0.717) is 0 Å². The molecule has 0 aliphatic heterocycles. The number of pyridine rings is 2. The number of rotatable bonds is 2. The summed E-state index contributed by atoms with van der Waals surface area (Å²) in [4.78, 5) is 8.22. The van der Waals surface area contributed by atoms with Crippen molar-refractivity contribution >= 4 is 0 Å². The van der Waals surface area contributed by atoms with Gasteiger partial charge in [-0.2, -0.15) is 0 Å². The smallest absolute Gasteiger partial charge is 0.0701 e. The molecule has 2 heteroatoms. The summed E-state index contributed by atoms with van der Waals surface area (Å²) in [6, 6.07) is 30.4. The van der Waals surface area contributed by atoms with Gasteiger partial charge in [0, 0.05) is 24.2 Å². The predicted octanol–water partition coefficient (Wildman–Crippen LogP) is 5.50. The van der Waals surface area contributed by atoms with Crippen molar-refractivity contribution in [2.45, 2.75) is 0 Å². The molecule has 0 radical (unpaired) electrons. The van der Waals surface area contributed by atoms with E-state index in [1.165, 1.54) is 11.1 Å². The standard InChI is InChI=1S/2C11H9N/c1-2-6-10(7-3-1)11-8-4-5-9-12-11;1-2-4-10(5-3-1)11-6-8-12-9-7-11/h2*1-9H. The highest BCUT2D eigenvalue weighted by Crippen LogP contribution is 2.16. The van der Waals surface area contributed by atoms with Gasteiger partial charge in [0.1, 0.15) is 0 Å². The fourth-order valence-corrected chi connectivity index (χ4v) is 2.32. The first-order valence-corrected chi connectivity index (χ1v) is 7.85. The molecule has 2 heterocycles. The van der Waals surface area contributed by atoms with Crippen molar-refractivity contribution < 1.29 is 0 Å². The zero-order valence-corrected chi connectivity index (χ0v) is 13.3. The molecule has 0 amide bonds. The van der Waals surface area contributed by atoms with Crippen molar-refractivity contribution in [2.24, 2.45) is 0 Å². The third-order valence-electron chi connectivity index (χ3n) is 3.52. The fraction of sp³-hybridized carbons (Fsp3) is 0. The molecule has 24 heavy (non-hydrogen) atoms. The zero-order chi connectivity index (χ0) is 16.5. The van der Waals surface area contributed by atoms with Crippen LogP contribution in [0.3, 0.4) is 0 Å². The monoisotopic (exact) mass is 310 g/mol. The summed E-state index contributed by atoms with van der Waals surface area (Å²) in [5.41, 5.74) is 4.64. The highest BCUT2D eigenvalue weighted by molar-refractivity contribution is 5.62. The molecule has 4 aromatic rings. The Morgan fingerprint density at radius 3 is 1.54 bits per heavy atom. The van der Waals surface area contributed by atoms with Crippen LogP contribution in [0.1, 0.15) is 0 Å². The quantitative estimate of drug-likeness (QED) is 0.489. The van der Waals surface area contributed by atoms with Crippen LogP contribution >= 0.6 is 0 Å². The first kappa shape index (κ1) is 15.6.